The number of hydrogen-bond donors (Lipinski definition) is 1. The highest BCUT2D eigenvalue weighted by molar-refractivity contribution is 6.25. The summed E-state index contributed by atoms with van der Waals surface area (Å²) in [4.78, 5) is 39.6. The van der Waals surface area contributed by atoms with Gasteiger partial charge in [-0.2, -0.15) is 0 Å². The van der Waals surface area contributed by atoms with Gasteiger partial charge in [-0.05, 0) is 42.0 Å². The van der Waals surface area contributed by atoms with Crippen molar-refractivity contribution in [2.24, 2.45) is 0 Å². The van der Waals surface area contributed by atoms with Gasteiger partial charge >= 0.3 is 0 Å². The van der Waals surface area contributed by atoms with E-state index in [1.165, 1.54) is 4.90 Å². The van der Waals surface area contributed by atoms with Crippen molar-refractivity contribution in [3.05, 3.63) is 76.9 Å². The molecule has 1 aliphatic heterocycles. The van der Waals surface area contributed by atoms with E-state index < -0.39 is 0 Å². The van der Waals surface area contributed by atoms with Gasteiger partial charge < -0.3 is 5.32 Å². The molecule has 29 heavy (non-hydrogen) atoms. The number of nitrogens with one attached hydrogen (secondary N) is 1. The Labute approximate surface area is 169 Å². The number of anilines is 1. The SMILES string of the molecule is CCc1cccc(C)c1NC(=O)CCN1C(=O)c2cccc3cccc(c23)C1=O. The van der Waals surface area contributed by atoms with Crippen LogP contribution in [0.4, 0.5) is 5.69 Å². The molecule has 1 N–H and O–H groups in total. The molecule has 5 heteroatoms. The summed E-state index contributed by atoms with van der Waals surface area (Å²) < 4.78 is 0. The average Bonchev–Trinajstić information content (AvgIpc) is 2.73. The Morgan fingerprint density at radius 3 is 2.17 bits per heavy atom. The number of carbonyl (C=O) groups is 3. The molecule has 0 bridgehead atoms. The van der Waals surface area contributed by atoms with E-state index in [0.29, 0.717) is 16.5 Å². The highest BCUT2D eigenvalue weighted by Crippen LogP contribution is 2.30. The summed E-state index contributed by atoms with van der Waals surface area (Å²) in [5, 5.41) is 4.51. The van der Waals surface area contributed by atoms with Crippen LogP contribution in [0, 0.1) is 6.92 Å². The Morgan fingerprint density at radius 2 is 1.55 bits per heavy atom. The standard InChI is InChI=1S/C24H22N2O3/c1-3-16-8-4-7-15(2)22(16)25-20(27)13-14-26-23(28)18-11-5-9-17-10-6-12-19(21(17)18)24(26)29/h4-12H,3,13-14H2,1-2H3,(H,25,27). The Balaban J connectivity index is 1.53. The summed E-state index contributed by atoms with van der Waals surface area (Å²) in [6, 6.07) is 16.8. The van der Waals surface area contributed by atoms with Crippen LogP contribution in [0.15, 0.2) is 54.6 Å². The van der Waals surface area contributed by atoms with Gasteiger partial charge in [0.2, 0.25) is 5.91 Å². The third-order valence-corrected chi connectivity index (χ3v) is 5.42. The van der Waals surface area contributed by atoms with Gasteiger partial charge in [0.15, 0.2) is 0 Å². The zero-order valence-corrected chi connectivity index (χ0v) is 16.5. The zero-order chi connectivity index (χ0) is 20.5. The van der Waals surface area contributed by atoms with Crippen molar-refractivity contribution in [1.29, 1.82) is 0 Å². The van der Waals surface area contributed by atoms with Crippen LogP contribution in [0.25, 0.3) is 10.8 Å². The number of aryl methyl sites for hydroxylation is 2. The fraction of sp³-hybridized carbons (Fsp3) is 0.208. The second-order valence-corrected chi connectivity index (χ2v) is 7.23. The number of benzene rings is 3. The minimum Gasteiger partial charge on any atom is -0.326 e. The van der Waals surface area contributed by atoms with Gasteiger partial charge in [0.1, 0.15) is 0 Å². The fourth-order valence-electron chi connectivity index (χ4n) is 3.90. The van der Waals surface area contributed by atoms with Crippen LogP contribution in [-0.4, -0.2) is 29.2 Å². The van der Waals surface area contributed by atoms with Crippen LogP contribution in [0.2, 0.25) is 0 Å². The molecule has 0 unspecified atom stereocenters. The molecule has 4 rings (SSSR count). The second kappa shape index (κ2) is 7.51. The van der Waals surface area contributed by atoms with Gasteiger partial charge in [-0.3, -0.25) is 19.3 Å². The fourth-order valence-corrected chi connectivity index (χ4v) is 3.90. The molecular formula is C24H22N2O3. The maximum Gasteiger partial charge on any atom is 0.261 e. The molecule has 0 aromatic heterocycles. The van der Waals surface area contributed by atoms with Crippen molar-refractivity contribution in [3.63, 3.8) is 0 Å². The van der Waals surface area contributed by atoms with Crippen molar-refractivity contribution in [1.82, 2.24) is 4.90 Å². The molecule has 5 nitrogen and oxygen atoms in total. The van der Waals surface area contributed by atoms with Gasteiger partial charge in [-0.1, -0.05) is 49.4 Å². The third kappa shape index (κ3) is 3.29. The minimum absolute atomic E-state index is 0.0432. The molecule has 3 amide bonds. The molecule has 3 aromatic rings. The van der Waals surface area contributed by atoms with Crippen molar-refractivity contribution in [3.8, 4) is 0 Å². The molecule has 0 spiro atoms. The molecule has 1 heterocycles. The van der Waals surface area contributed by atoms with Gasteiger partial charge in [0.05, 0.1) is 0 Å². The number of carbonyl (C=O) groups excluding carboxylic acids is 3. The summed E-state index contributed by atoms with van der Waals surface area (Å²) in [5.41, 5.74) is 3.87. The van der Waals surface area contributed by atoms with E-state index in [-0.39, 0.29) is 30.7 Å². The number of nitrogens with zero attached hydrogens (tertiary/aromatic N) is 1. The number of imide groups is 1. The predicted octanol–water partition coefficient (Wildman–Crippen LogP) is 4.34. The highest BCUT2D eigenvalue weighted by Gasteiger charge is 2.32. The van der Waals surface area contributed by atoms with E-state index in [9.17, 15) is 14.4 Å². The Bertz CT molecular complexity index is 1100. The summed E-state index contributed by atoms with van der Waals surface area (Å²) in [6.07, 6.45) is 0.855. The first-order valence-electron chi connectivity index (χ1n) is 9.77. The summed E-state index contributed by atoms with van der Waals surface area (Å²) in [6.45, 7) is 4.03. The minimum atomic E-state index is -0.350. The van der Waals surface area contributed by atoms with Gasteiger partial charge in [-0.25, -0.2) is 0 Å². The maximum absolute atomic E-state index is 12.9. The lowest BCUT2D eigenvalue weighted by Gasteiger charge is -2.27. The van der Waals surface area contributed by atoms with Crippen molar-refractivity contribution >= 4 is 34.2 Å². The van der Waals surface area contributed by atoms with Crippen molar-refractivity contribution in [2.45, 2.75) is 26.7 Å². The molecule has 0 atom stereocenters. The average molecular weight is 386 g/mol. The van der Waals surface area contributed by atoms with Crippen LogP contribution < -0.4 is 5.32 Å². The predicted molar refractivity (Wildman–Crippen MR) is 113 cm³/mol. The molecular weight excluding hydrogens is 364 g/mol. The van der Waals surface area contributed by atoms with E-state index in [0.717, 1.165) is 28.6 Å². The maximum atomic E-state index is 12.9. The highest BCUT2D eigenvalue weighted by atomic mass is 16.2. The molecule has 146 valence electrons. The van der Waals surface area contributed by atoms with E-state index in [4.69, 9.17) is 0 Å². The Hall–Kier alpha value is -3.47. The first-order valence-corrected chi connectivity index (χ1v) is 9.77. The topological polar surface area (TPSA) is 66.5 Å². The summed E-state index contributed by atoms with van der Waals surface area (Å²) >= 11 is 0. The molecule has 0 radical (unpaired) electrons. The van der Waals surface area contributed by atoms with Crippen molar-refractivity contribution < 1.29 is 14.4 Å². The third-order valence-electron chi connectivity index (χ3n) is 5.42. The lowest BCUT2D eigenvalue weighted by Crippen LogP contribution is -2.41. The molecule has 0 saturated carbocycles. The van der Waals surface area contributed by atoms with Gasteiger partial charge in [0, 0.05) is 35.2 Å². The van der Waals surface area contributed by atoms with Crippen LogP contribution in [-0.2, 0) is 11.2 Å². The largest absolute Gasteiger partial charge is 0.326 e. The number of amides is 3. The second-order valence-electron chi connectivity index (χ2n) is 7.23. The zero-order valence-electron chi connectivity index (χ0n) is 16.5. The molecule has 3 aromatic carbocycles. The van der Waals surface area contributed by atoms with E-state index in [1.807, 2.05) is 56.3 Å². The molecule has 1 aliphatic rings. The number of hydrogen-bond acceptors (Lipinski definition) is 3. The number of rotatable bonds is 5. The monoisotopic (exact) mass is 386 g/mol. The summed E-state index contributed by atoms with van der Waals surface area (Å²) in [7, 11) is 0. The van der Waals surface area contributed by atoms with E-state index in [2.05, 4.69) is 5.32 Å². The van der Waals surface area contributed by atoms with Crippen LogP contribution >= 0.6 is 0 Å². The van der Waals surface area contributed by atoms with Gasteiger partial charge in [0.25, 0.3) is 11.8 Å². The normalized spacial score (nSPS) is 13.1. The van der Waals surface area contributed by atoms with E-state index in [1.54, 1.807) is 12.1 Å². The van der Waals surface area contributed by atoms with Gasteiger partial charge in [-0.15, -0.1) is 0 Å². The lowest BCUT2D eigenvalue weighted by atomic mass is 9.94. The van der Waals surface area contributed by atoms with Crippen molar-refractivity contribution in [2.75, 3.05) is 11.9 Å². The Morgan fingerprint density at radius 1 is 0.931 bits per heavy atom. The molecule has 0 saturated heterocycles. The molecule has 0 fully saturated rings. The smallest absolute Gasteiger partial charge is 0.261 e. The Kier molecular flexibility index (Phi) is 4.89. The first-order chi connectivity index (χ1) is 14.0. The number of para-hydroxylation sites is 1. The van der Waals surface area contributed by atoms with Crippen LogP contribution in [0.1, 0.15) is 45.2 Å². The molecule has 0 aliphatic carbocycles. The quantitative estimate of drug-likeness (QED) is 0.664. The van der Waals surface area contributed by atoms with Crippen LogP contribution in [0.3, 0.4) is 0 Å². The summed E-state index contributed by atoms with van der Waals surface area (Å²) in [5.74, 6) is -0.916. The van der Waals surface area contributed by atoms with E-state index >= 15 is 0 Å². The van der Waals surface area contributed by atoms with Crippen LogP contribution in [0.5, 0.6) is 0 Å². The first kappa shape index (κ1) is 18.9. The lowest BCUT2D eigenvalue weighted by molar-refractivity contribution is -0.116.